The summed E-state index contributed by atoms with van der Waals surface area (Å²) >= 11 is 0. The summed E-state index contributed by atoms with van der Waals surface area (Å²) in [5, 5.41) is 6.27. The predicted molar refractivity (Wildman–Crippen MR) is 196 cm³/mol. The van der Waals surface area contributed by atoms with Gasteiger partial charge in [-0.1, -0.05) is 12.6 Å². The van der Waals surface area contributed by atoms with Crippen molar-refractivity contribution in [1.82, 2.24) is 14.7 Å². The molecule has 0 unspecified atom stereocenters. The van der Waals surface area contributed by atoms with Crippen LogP contribution in [0.3, 0.4) is 0 Å². The Labute approximate surface area is 283 Å². The quantitative estimate of drug-likeness (QED) is 0.334. The van der Waals surface area contributed by atoms with E-state index in [1.807, 2.05) is 76.0 Å². The first-order valence-electron chi connectivity index (χ1n) is 16.4. The van der Waals surface area contributed by atoms with Gasteiger partial charge in [0.05, 0.1) is 11.6 Å². The molecule has 0 bridgehead atoms. The third kappa shape index (κ3) is 7.50. The highest BCUT2D eigenvalue weighted by Gasteiger charge is 2.44. The topological polar surface area (TPSA) is 134 Å². The number of anilines is 3. The van der Waals surface area contributed by atoms with E-state index in [0.717, 1.165) is 49.5 Å². The Morgan fingerprint density at radius 2 is 1.83 bits per heavy atom. The van der Waals surface area contributed by atoms with E-state index >= 15 is 0 Å². The summed E-state index contributed by atoms with van der Waals surface area (Å²) in [5.41, 5.74) is 11.2. The zero-order valence-electron chi connectivity index (χ0n) is 29.0. The van der Waals surface area contributed by atoms with E-state index in [1.165, 1.54) is 19.0 Å². The van der Waals surface area contributed by atoms with Crippen molar-refractivity contribution in [3.63, 3.8) is 0 Å². The number of nitrogens with one attached hydrogen (secondary N) is 2. The number of fused-ring (bicyclic) bond motifs is 1. The second-order valence-corrected chi connectivity index (χ2v) is 13.3. The molecule has 3 heterocycles. The van der Waals surface area contributed by atoms with Gasteiger partial charge in [0.2, 0.25) is 11.9 Å². The van der Waals surface area contributed by atoms with Crippen LogP contribution >= 0.6 is 0 Å². The number of aliphatic imine (C=N–C) groups is 3. The summed E-state index contributed by atoms with van der Waals surface area (Å²) in [4.78, 5) is 48.8. The predicted octanol–water partition coefficient (Wildman–Crippen LogP) is 4.03. The van der Waals surface area contributed by atoms with Crippen LogP contribution in [0.1, 0.15) is 48.2 Å². The van der Waals surface area contributed by atoms with Crippen LogP contribution < -0.4 is 21.3 Å². The SMILES string of the molecule is C=C/N=C1/C=NC(N(C)CCN(C)C)=N/C1=C(/N)Nc1cc(C(=O)Nc2ccc3c(c2)C(C)(C)C(=O)N3CCN2CCCC2)ccc1C. The number of nitrogens with two attached hydrogens (primary N) is 1. The van der Waals surface area contributed by atoms with Crippen LogP contribution in [0.15, 0.2) is 75.7 Å². The van der Waals surface area contributed by atoms with Crippen molar-refractivity contribution in [3.8, 4) is 0 Å². The Bertz CT molecular complexity index is 1700. The molecule has 48 heavy (non-hydrogen) atoms. The monoisotopic (exact) mass is 652 g/mol. The molecule has 5 rings (SSSR count). The molecule has 0 saturated carbocycles. The zero-order valence-corrected chi connectivity index (χ0v) is 29.0. The minimum atomic E-state index is -0.686. The van der Waals surface area contributed by atoms with Crippen LogP contribution in [0.5, 0.6) is 0 Å². The number of amides is 2. The van der Waals surface area contributed by atoms with Crippen molar-refractivity contribution in [3.05, 3.63) is 77.4 Å². The summed E-state index contributed by atoms with van der Waals surface area (Å²) < 4.78 is 0. The number of rotatable bonds is 11. The van der Waals surface area contributed by atoms with Crippen LogP contribution in [-0.4, -0.2) is 105 Å². The van der Waals surface area contributed by atoms with Crippen molar-refractivity contribution in [2.24, 2.45) is 20.7 Å². The molecule has 0 radical (unpaired) electrons. The van der Waals surface area contributed by atoms with Gasteiger partial charge in [0.25, 0.3) is 5.91 Å². The summed E-state index contributed by atoms with van der Waals surface area (Å²) in [6.07, 6.45) is 5.47. The molecule has 2 aromatic rings. The van der Waals surface area contributed by atoms with Crippen molar-refractivity contribution in [2.75, 3.05) is 75.9 Å². The van der Waals surface area contributed by atoms with Crippen LogP contribution in [0, 0.1) is 6.92 Å². The Morgan fingerprint density at radius 1 is 1.08 bits per heavy atom. The number of carbonyl (C=O) groups is 2. The van der Waals surface area contributed by atoms with Crippen molar-refractivity contribution >= 4 is 46.8 Å². The van der Waals surface area contributed by atoms with Gasteiger partial charge in [-0.05, 0) is 102 Å². The fourth-order valence-corrected chi connectivity index (χ4v) is 6.08. The zero-order chi connectivity index (χ0) is 34.6. The fraction of sp³-hybridized carbons (Fsp3) is 0.417. The van der Waals surface area contributed by atoms with E-state index in [0.29, 0.717) is 40.9 Å². The number of hydrogen-bond donors (Lipinski definition) is 3. The molecule has 0 atom stereocenters. The number of likely N-dealkylation sites (tertiary alicyclic amines) is 1. The van der Waals surface area contributed by atoms with Crippen molar-refractivity contribution in [1.29, 1.82) is 0 Å². The average molecular weight is 653 g/mol. The molecule has 1 saturated heterocycles. The van der Waals surface area contributed by atoms with E-state index in [-0.39, 0.29) is 17.6 Å². The number of nitrogens with zero attached hydrogens (tertiary/aromatic N) is 7. The van der Waals surface area contributed by atoms with Crippen LogP contribution in [0.4, 0.5) is 17.1 Å². The molecule has 4 N–H and O–H groups in total. The van der Waals surface area contributed by atoms with Gasteiger partial charge >= 0.3 is 0 Å². The third-order valence-electron chi connectivity index (χ3n) is 9.07. The lowest BCUT2D eigenvalue weighted by Gasteiger charge is -2.23. The molecule has 0 aliphatic carbocycles. The minimum Gasteiger partial charge on any atom is -0.383 e. The van der Waals surface area contributed by atoms with E-state index in [1.54, 1.807) is 18.3 Å². The van der Waals surface area contributed by atoms with Gasteiger partial charge in [0, 0.05) is 62.1 Å². The molecule has 0 spiro atoms. The Kier molecular flexibility index (Phi) is 10.4. The van der Waals surface area contributed by atoms with Gasteiger partial charge in [0.15, 0.2) is 0 Å². The smallest absolute Gasteiger partial charge is 0.255 e. The highest BCUT2D eigenvalue weighted by molar-refractivity contribution is 6.41. The lowest BCUT2D eigenvalue weighted by molar-refractivity contribution is -0.122. The van der Waals surface area contributed by atoms with Crippen molar-refractivity contribution in [2.45, 2.75) is 39.0 Å². The molecule has 1 fully saturated rings. The molecule has 2 aromatic carbocycles. The van der Waals surface area contributed by atoms with Gasteiger partial charge in [-0.15, -0.1) is 0 Å². The van der Waals surface area contributed by atoms with Gasteiger partial charge in [0.1, 0.15) is 17.2 Å². The van der Waals surface area contributed by atoms with E-state index in [2.05, 4.69) is 37.0 Å². The molecule has 2 amide bonds. The van der Waals surface area contributed by atoms with Crippen LogP contribution in [0.25, 0.3) is 0 Å². The Balaban J connectivity index is 1.34. The van der Waals surface area contributed by atoms with E-state index in [9.17, 15) is 9.59 Å². The standard InChI is InChI=1S/C36H48N10O2/c1-8-38-29-23-39-35(44(7)18-17-43(5)6)42-31(29)32(37)41-28-21-25(12-11-24(28)2)33(47)40-26-13-14-30-27(22-26)36(3,4)34(48)46(30)20-19-45-15-9-10-16-45/h8,11-14,21-23,41H,1,9-10,15-20,37H2,2-7H3,(H,40,47)/b32-31-,38-29-. The van der Waals surface area contributed by atoms with Crippen LogP contribution in [-0.2, 0) is 10.2 Å². The number of likely N-dealkylation sites (N-methyl/N-ethyl adjacent to an activating group) is 2. The second kappa shape index (κ2) is 14.5. The number of aryl methyl sites for hydroxylation is 1. The molecular formula is C36H48N10O2. The second-order valence-electron chi connectivity index (χ2n) is 13.3. The number of allylic oxidation sites excluding steroid dienone is 1. The molecular weight excluding hydrogens is 604 g/mol. The molecule has 12 heteroatoms. The van der Waals surface area contributed by atoms with Crippen LogP contribution in [0.2, 0.25) is 0 Å². The highest BCUT2D eigenvalue weighted by Crippen LogP contribution is 2.42. The largest absolute Gasteiger partial charge is 0.383 e. The number of hydrogen-bond acceptors (Lipinski definition) is 10. The summed E-state index contributed by atoms with van der Waals surface area (Å²) in [5.74, 6) is 0.584. The first-order valence-corrected chi connectivity index (χ1v) is 16.4. The van der Waals surface area contributed by atoms with Crippen molar-refractivity contribution < 1.29 is 9.59 Å². The Morgan fingerprint density at radius 3 is 2.54 bits per heavy atom. The molecule has 0 aromatic heterocycles. The first-order chi connectivity index (χ1) is 22.9. The summed E-state index contributed by atoms with van der Waals surface area (Å²) in [6, 6.07) is 11.1. The highest BCUT2D eigenvalue weighted by atomic mass is 16.2. The number of guanidine groups is 1. The third-order valence-corrected chi connectivity index (χ3v) is 9.07. The lowest BCUT2D eigenvalue weighted by Crippen LogP contribution is -2.40. The Hall–Kier alpha value is -4.81. The molecule has 254 valence electrons. The fourth-order valence-electron chi connectivity index (χ4n) is 6.08. The van der Waals surface area contributed by atoms with Gasteiger partial charge in [-0.25, -0.2) is 9.98 Å². The normalized spacial score (nSPS) is 19.1. The molecule has 12 nitrogen and oxygen atoms in total. The lowest BCUT2D eigenvalue weighted by atomic mass is 9.86. The van der Waals surface area contributed by atoms with Gasteiger partial charge < -0.3 is 36.0 Å². The van der Waals surface area contributed by atoms with Gasteiger partial charge in [-0.3, -0.25) is 14.6 Å². The minimum absolute atomic E-state index is 0.0864. The van der Waals surface area contributed by atoms with E-state index < -0.39 is 5.41 Å². The number of benzene rings is 2. The maximum Gasteiger partial charge on any atom is 0.255 e. The summed E-state index contributed by atoms with van der Waals surface area (Å²) in [7, 11) is 5.95. The van der Waals surface area contributed by atoms with Gasteiger partial charge in [-0.2, -0.15) is 0 Å². The number of carbonyl (C=O) groups excluding carboxylic acids is 2. The molecule has 3 aliphatic heterocycles. The van der Waals surface area contributed by atoms with E-state index in [4.69, 9.17) is 10.7 Å². The maximum absolute atomic E-state index is 13.5. The average Bonchev–Trinajstić information content (AvgIpc) is 3.64. The molecule has 3 aliphatic rings. The summed E-state index contributed by atoms with van der Waals surface area (Å²) in [6.45, 7) is 14.8. The maximum atomic E-state index is 13.5. The first kappa shape index (κ1) is 34.5.